The Kier molecular flexibility index (Phi) is 5.93. The van der Waals surface area contributed by atoms with Crippen LogP contribution in [0.4, 0.5) is 0 Å². The molecule has 0 unspecified atom stereocenters. The molecule has 1 amide bonds. The number of aryl methyl sites for hydroxylation is 1. The van der Waals surface area contributed by atoms with Crippen LogP contribution in [-0.4, -0.2) is 54.1 Å². The normalized spacial score (nSPS) is 13.3. The Morgan fingerprint density at radius 2 is 1.90 bits per heavy atom. The zero-order valence-electron chi connectivity index (χ0n) is 14.1. The Bertz CT molecular complexity index is 478. The zero-order chi connectivity index (χ0) is 16.2. The lowest BCUT2D eigenvalue weighted by Crippen LogP contribution is -2.40. The number of nitrogens with zero attached hydrogens (tertiary/aromatic N) is 2. The van der Waals surface area contributed by atoms with E-state index < -0.39 is 5.60 Å². The number of amides is 1. The fourth-order valence-corrected chi connectivity index (χ4v) is 2.26. The van der Waals surface area contributed by atoms with Crippen LogP contribution in [0.25, 0.3) is 0 Å². The largest absolute Gasteiger partial charge is 0.390 e. The maximum Gasteiger partial charge on any atom is 0.244 e. The minimum atomic E-state index is -0.758. The first-order valence-electron chi connectivity index (χ1n) is 7.32. The Morgan fingerprint density at radius 1 is 1.29 bits per heavy atom. The van der Waals surface area contributed by atoms with Crippen molar-refractivity contribution in [2.45, 2.75) is 38.8 Å². The summed E-state index contributed by atoms with van der Waals surface area (Å²) in [5.74, 6) is 0.0508. The van der Waals surface area contributed by atoms with Crippen molar-refractivity contribution in [1.82, 2.24) is 9.80 Å². The van der Waals surface area contributed by atoms with Crippen LogP contribution in [0.15, 0.2) is 24.3 Å². The molecule has 118 valence electrons. The van der Waals surface area contributed by atoms with E-state index in [9.17, 15) is 9.90 Å². The summed E-state index contributed by atoms with van der Waals surface area (Å²) in [5, 5.41) is 9.80. The van der Waals surface area contributed by atoms with Crippen molar-refractivity contribution in [3.05, 3.63) is 35.4 Å². The SMILES string of the molecule is Cc1cccc([C@@H](C(=O)N(C)CCC(C)(C)O)N(C)C)c1. The first kappa shape index (κ1) is 17.7. The summed E-state index contributed by atoms with van der Waals surface area (Å²) in [6, 6.07) is 7.74. The Labute approximate surface area is 128 Å². The monoisotopic (exact) mass is 292 g/mol. The van der Waals surface area contributed by atoms with E-state index in [1.807, 2.05) is 50.2 Å². The highest BCUT2D eigenvalue weighted by Gasteiger charge is 2.26. The minimum absolute atomic E-state index is 0.0508. The molecule has 21 heavy (non-hydrogen) atoms. The highest BCUT2D eigenvalue weighted by atomic mass is 16.3. The summed E-state index contributed by atoms with van der Waals surface area (Å²) in [4.78, 5) is 16.3. The molecule has 0 aromatic heterocycles. The molecule has 0 aliphatic carbocycles. The van der Waals surface area contributed by atoms with Crippen molar-refractivity contribution in [2.24, 2.45) is 0 Å². The van der Waals surface area contributed by atoms with Gasteiger partial charge in [0.25, 0.3) is 0 Å². The maximum absolute atomic E-state index is 12.7. The molecule has 1 N–H and O–H groups in total. The lowest BCUT2D eigenvalue weighted by molar-refractivity contribution is -0.135. The van der Waals surface area contributed by atoms with E-state index in [4.69, 9.17) is 0 Å². The summed E-state index contributed by atoms with van der Waals surface area (Å²) in [6.07, 6.45) is 0.559. The Balaban J connectivity index is 2.88. The fraction of sp³-hybridized carbons (Fsp3) is 0.588. The quantitative estimate of drug-likeness (QED) is 0.874. The number of carbonyl (C=O) groups excluding carboxylic acids is 1. The van der Waals surface area contributed by atoms with E-state index in [0.717, 1.165) is 11.1 Å². The van der Waals surface area contributed by atoms with Crippen molar-refractivity contribution < 1.29 is 9.90 Å². The van der Waals surface area contributed by atoms with Gasteiger partial charge in [0.15, 0.2) is 0 Å². The molecule has 1 rings (SSSR count). The second-order valence-corrected chi connectivity index (χ2v) is 6.60. The molecule has 1 atom stereocenters. The molecule has 0 aliphatic heterocycles. The van der Waals surface area contributed by atoms with Crippen molar-refractivity contribution in [3.8, 4) is 0 Å². The van der Waals surface area contributed by atoms with Gasteiger partial charge in [-0.1, -0.05) is 29.8 Å². The molecule has 0 aliphatic rings. The van der Waals surface area contributed by atoms with E-state index in [2.05, 4.69) is 0 Å². The number of aliphatic hydroxyl groups is 1. The predicted octanol–water partition coefficient (Wildman–Crippen LogP) is 2.22. The van der Waals surface area contributed by atoms with E-state index in [-0.39, 0.29) is 11.9 Å². The smallest absolute Gasteiger partial charge is 0.244 e. The third-order valence-electron chi connectivity index (χ3n) is 3.54. The van der Waals surface area contributed by atoms with Crippen molar-refractivity contribution in [1.29, 1.82) is 0 Å². The number of rotatable bonds is 6. The van der Waals surface area contributed by atoms with Gasteiger partial charge >= 0.3 is 0 Å². The van der Waals surface area contributed by atoms with Crippen LogP contribution in [0.3, 0.4) is 0 Å². The lowest BCUT2D eigenvalue weighted by Gasteiger charge is -2.30. The minimum Gasteiger partial charge on any atom is -0.390 e. The summed E-state index contributed by atoms with van der Waals surface area (Å²) in [6.45, 7) is 6.09. The van der Waals surface area contributed by atoms with E-state index in [1.165, 1.54) is 0 Å². The van der Waals surface area contributed by atoms with Gasteiger partial charge < -0.3 is 10.0 Å². The standard InChI is InChI=1S/C17H28N2O2/c1-13-8-7-9-14(12-13)15(18(4)5)16(20)19(6)11-10-17(2,3)21/h7-9,12,15,21H,10-11H2,1-6H3/t15-/m0/s1. The highest BCUT2D eigenvalue weighted by Crippen LogP contribution is 2.22. The predicted molar refractivity (Wildman–Crippen MR) is 86.2 cm³/mol. The van der Waals surface area contributed by atoms with Gasteiger partial charge in [0.05, 0.1) is 5.60 Å². The van der Waals surface area contributed by atoms with Gasteiger partial charge in [-0.25, -0.2) is 0 Å². The average Bonchev–Trinajstić information content (AvgIpc) is 2.34. The fourth-order valence-electron chi connectivity index (χ4n) is 2.26. The molecular formula is C17H28N2O2. The molecule has 0 bridgehead atoms. The summed E-state index contributed by atoms with van der Waals surface area (Å²) in [5.41, 5.74) is 1.39. The van der Waals surface area contributed by atoms with Crippen molar-refractivity contribution in [3.63, 3.8) is 0 Å². The number of carbonyl (C=O) groups is 1. The number of likely N-dealkylation sites (N-methyl/N-ethyl adjacent to an activating group) is 2. The third-order valence-corrected chi connectivity index (χ3v) is 3.54. The van der Waals surface area contributed by atoms with Crippen LogP contribution in [0.1, 0.15) is 37.4 Å². The molecule has 0 fully saturated rings. The number of hydrogen-bond acceptors (Lipinski definition) is 3. The topological polar surface area (TPSA) is 43.8 Å². The molecule has 4 nitrogen and oxygen atoms in total. The van der Waals surface area contributed by atoms with E-state index >= 15 is 0 Å². The second kappa shape index (κ2) is 7.05. The molecule has 0 saturated heterocycles. The molecule has 0 radical (unpaired) electrons. The Morgan fingerprint density at radius 3 is 2.38 bits per heavy atom. The molecule has 0 saturated carbocycles. The molecule has 0 heterocycles. The van der Waals surface area contributed by atoms with E-state index in [0.29, 0.717) is 13.0 Å². The Hall–Kier alpha value is -1.39. The molecule has 4 heteroatoms. The molecule has 0 spiro atoms. The van der Waals surface area contributed by atoms with Gasteiger partial charge in [0, 0.05) is 13.6 Å². The lowest BCUT2D eigenvalue weighted by atomic mass is 10.0. The molecule has 1 aromatic carbocycles. The van der Waals surface area contributed by atoms with Crippen molar-refractivity contribution >= 4 is 5.91 Å². The summed E-state index contributed by atoms with van der Waals surface area (Å²) in [7, 11) is 5.61. The van der Waals surface area contributed by atoms with Gasteiger partial charge in [-0.15, -0.1) is 0 Å². The molecular weight excluding hydrogens is 264 g/mol. The maximum atomic E-state index is 12.7. The van der Waals surface area contributed by atoms with Crippen LogP contribution in [0, 0.1) is 6.92 Å². The van der Waals surface area contributed by atoms with Gasteiger partial charge in [0.1, 0.15) is 6.04 Å². The van der Waals surface area contributed by atoms with Gasteiger partial charge in [0.2, 0.25) is 5.91 Å². The summed E-state index contributed by atoms with van der Waals surface area (Å²) >= 11 is 0. The third kappa shape index (κ3) is 5.48. The molecule has 1 aromatic rings. The van der Waals surface area contributed by atoms with Crippen LogP contribution in [-0.2, 0) is 4.79 Å². The first-order valence-corrected chi connectivity index (χ1v) is 7.32. The average molecular weight is 292 g/mol. The van der Waals surface area contributed by atoms with Crippen LogP contribution >= 0.6 is 0 Å². The van der Waals surface area contributed by atoms with E-state index in [1.54, 1.807) is 25.8 Å². The second-order valence-electron chi connectivity index (χ2n) is 6.60. The van der Waals surface area contributed by atoms with Crippen LogP contribution in [0.5, 0.6) is 0 Å². The zero-order valence-corrected chi connectivity index (χ0v) is 14.1. The van der Waals surface area contributed by atoms with Gasteiger partial charge in [-0.05, 0) is 46.9 Å². The highest BCUT2D eigenvalue weighted by molar-refractivity contribution is 5.83. The van der Waals surface area contributed by atoms with Crippen LogP contribution in [0.2, 0.25) is 0 Å². The van der Waals surface area contributed by atoms with Crippen molar-refractivity contribution in [2.75, 3.05) is 27.7 Å². The van der Waals surface area contributed by atoms with Gasteiger partial charge in [-0.3, -0.25) is 9.69 Å². The van der Waals surface area contributed by atoms with Crippen LogP contribution < -0.4 is 0 Å². The summed E-state index contributed by atoms with van der Waals surface area (Å²) < 4.78 is 0. The van der Waals surface area contributed by atoms with Gasteiger partial charge in [-0.2, -0.15) is 0 Å². The number of hydrogen-bond donors (Lipinski definition) is 1. The number of benzene rings is 1. The first-order chi connectivity index (χ1) is 9.61.